The molecule has 20 heavy (non-hydrogen) atoms. The molecular weight excluding hydrogens is 286 g/mol. The lowest BCUT2D eigenvalue weighted by Gasteiger charge is -2.33. The van der Waals surface area contributed by atoms with Crippen LogP contribution in [0.25, 0.3) is 0 Å². The Balaban J connectivity index is 1.74. The van der Waals surface area contributed by atoms with Crippen molar-refractivity contribution in [1.82, 2.24) is 9.80 Å². The van der Waals surface area contributed by atoms with Crippen LogP contribution in [0.5, 0.6) is 0 Å². The van der Waals surface area contributed by atoms with Gasteiger partial charge in [0.1, 0.15) is 11.5 Å². The minimum atomic E-state index is -2.36. The molecule has 1 aromatic rings. The van der Waals surface area contributed by atoms with Crippen LogP contribution in [-0.4, -0.2) is 60.0 Å². The number of hydrogen-bond donors (Lipinski definition) is 1. The molecule has 2 heterocycles. The molecule has 0 spiro atoms. The molecule has 1 aromatic heterocycles. The monoisotopic (exact) mass is 306 g/mol. The lowest BCUT2D eigenvalue weighted by Crippen LogP contribution is -2.46. The maximum Gasteiger partial charge on any atom is 0.284 e. The summed E-state index contributed by atoms with van der Waals surface area (Å²) in [5.74, 6) is -0.722. The number of alkyl halides is 2. The third kappa shape index (κ3) is 5.05. The summed E-state index contributed by atoms with van der Waals surface area (Å²) in [5, 5.41) is 8.89. The average molecular weight is 306 g/mol. The van der Waals surface area contributed by atoms with Crippen LogP contribution in [-0.2, 0) is 12.3 Å². The Morgan fingerprint density at radius 3 is 2.45 bits per heavy atom. The first-order valence-corrected chi connectivity index (χ1v) is 7.75. The lowest BCUT2D eigenvalue weighted by molar-refractivity contribution is 0.103. The van der Waals surface area contributed by atoms with E-state index in [0.717, 1.165) is 38.5 Å². The van der Waals surface area contributed by atoms with Crippen molar-refractivity contribution in [3.63, 3.8) is 0 Å². The molecule has 114 valence electrons. The van der Waals surface area contributed by atoms with Gasteiger partial charge >= 0.3 is 0 Å². The van der Waals surface area contributed by atoms with Crippen LogP contribution < -0.4 is 0 Å². The van der Waals surface area contributed by atoms with E-state index in [9.17, 15) is 8.78 Å². The second-order valence-corrected chi connectivity index (χ2v) is 5.76. The molecule has 0 aromatic carbocycles. The van der Waals surface area contributed by atoms with Gasteiger partial charge in [-0.1, -0.05) is 11.8 Å². The fourth-order valence-corrected chi connectivity index (χ4v) is 2.71. The van der Waals surface area contributed by atoms with Crippen molar-refractivity contribution in [2.24, 2.45) is 0 Å². The van der Waals surface area contributed by atoms with E-state index in [-0.39, 0.29) is 12.4 Å². The van der Waals surface area contributed by atoms with Crippen molar-refractivity contribution in [2.75, 3.05) is 39.3 Å². The average Bonchev–Trinajstić information content (AvgIpc) is 2.87. The molecule has 0 saturated carbocycles. The third-order valence-electron chi connectivity index (χ3n) is 3.33. The maximum absolute atomic E-state index is 12.1. The van der Waals surface area contributed by atoms with Crippen LogP contribution in [0.15, 0.2) is 16.5 Å². The van der Waals surface area contributed by atoms with Crippen molar-refractivity contribution >= 4 is 11.8 Å². The van der Waals surface area contributed by atoms with Gasteiger partial charge in [0.25, 0.3) is 5.76 Å². The SMILES string of the molecule is OCCN1CCN(Cc2ccc(CSC(F)F)o2)CC1. The first-order valence-electron chi connectivity index (χ1n) is 6.70. The normalized spacial score (nSPS) is 18.0. The molecule has 0 radical (unpaired) electrons. The third-order valence-corrected chi connectivity index (χ3v) is 4.03. The van der Waals surface area contributed by atoms with Crippen LogP contribution in [0.3, 0.4) is 0 Å². The predicted octanol–water partition coefficient (Wildman–Crippen LogP) is 1.85. The Bertz CT molecular complexity index is 395. The van der Waals surface area contributed by atoms with Gasteiger partial charge < -0.3 is 9.52 Å². The summed E-state index contributed by atoms with van der Waals surface area (Å²) in [5.41, 5.74) is 0. The number of piperazine rings is 1. The summed E-state index contributed by atoms with van der Waals surface area (Å²) in [6.45, 7) is 5.38. The van der Waals surface area contributed by atoms with Gasteiger partial charge in [-0.2, -0.15) is 8.78 Å². The van der Waals surface area contributed by atoms with Gasteiger partial charge in [0.15, 0.2) is 0 Å². The number of halogens is 2. The standard InChI is InChI=1S/C13H20F2N2O2S/c14-13(15)20-10-12-2-1-11(19-12)9-17-5-3-16(4-6-17)7-8-18/h1-2,13,18H,3-10H2. The second-order valence-electron chi connectivity index (χ2n) is 4.78. The lowest BCUT2D eigenvalue weighted by atomic mass is 10.3. The van der Waals surface area contributed by atoms with E-state index in [1.165, 1.54) is 0 Å². The zero-order valence-electron chi connectivity index (χ0n) is 11.3. The van der Waals surface area contributed by atoms with E-state index in [0.29, 0.717) is 24.1 Å². The smallest absolute Gasteiger partial charge is 0.284 e. The van der Waals surface area contributed by atoms with Crippen molar-refractivity contribution in [2.45, 2.75) is 18.1 Å². The molecule has 0 aliphatic carbocycles. The van der Waals surface area contributed by atoms with Crippen LogP contribution in [0.4, 0.5) is 8.78 Å². The van der Waals surface area contributed by atoms with Crippen molar-refractivity contribution in [1.29, 1.82) is 0 Å². The fourth-order valence-electron chi connectivity index (χ4n) is 2.26. The zero-order valence-corrected chi connectivity index (χ0v) is 12.1. The van der Waals surface area contributed by atoms with E-state index < -0.39 is 5.76 Å². The Kier molecular flexibility index (Phi) is 6.28. The number of aliphatic hydroxyl groups is 1. The number of rotatable bonds is 7. The highest BCUT2D eigenvalue weighted by molar-refractivity contribution is 7.98. The molecule has 1 aliphatic heterocycles. The molecule has 0 amide bonds. The zero-order chi connectivity index (χ0) is 14.4. The maximum atomic E-state index is 12.1. The minimum absolute atomic E-state index is 0.198. The molecule has 1 aliphatic rings. The molecule has 1 N–H and O–H groups in total. The topological polar surface area (TPSA) is 39.9 Å². The van der Waals surface area contributed by atoms with Gasteiger partial charge in [0, 0.05) is 32.7 Å². The Morgan fingerprint density at radius 1 is 1.15 bits per heavy atom. The van der Waals surface area contributed by atoms with E-state index in [1.54, 1.807) is 6.07 Å². The highest BCUT2D eigenvalue weighted by atomic mass is 32.2. The largest absolute Gasteiger partial charge is 0.464 e. The summed E-state index contributed by atoms with van der Waals surface area (Å²) in [7, 11) is 0. The molecule has 7 heteroatoms. The Labute approximate surface area is 121 Å². The van der Waals surface area contributed by atoms with E-state index in [4.69, 9.17) is 9.52 Å². The Morgan fingerprint density at radius 2 is 1.80 bits per heavy atom. The first kappa shape index (κ1) is 15.8. The number of hydrogen-bond acceptors (Lipinski definition) is 5. The number of thioether (sulfide) groups is 1. The summed E-state index contributed by atoms with van der Waals surface area (Å²) in [6.07, 6.45) is 0. The van der Waals surface area contributed by atoms with E-state index >= 15 is 0 Å². The highest BCUT2D eigenvalue weighted by Gasteiger charge is 2.17. The molecule has 1 saturated heterocycles. The van der Waals surface area contributed by atoms with Gasteiger partial charge in [0.05, 0.1) is 18.9 Å². The van der Waals surface area contributed by atoms with Gasteiger partial charge in [-0.15, -0.1) is 0 Å². The Hall–Kier alpha value is -0.630. The second kappa shape index (κ2) is 7.97. The van der Waals surface area contributed by atoms with Crippen molar-refractivity contribution in [3.05, 3.63) is 23.7 Å². The van der Waals surface area contributed by atoms with Gasteiger partial charge in [-0.25, -0.2) is 0 Å². The summed E-state index contributed by atoms with van der Waals surface area (Å²) in [4.78, 5) is 4.50. The molecule has 4 nitrogen and oxygen atoms in total. The van der Waals surface area contributed by atoms with E-state index in [1.807, 2.05) is 6.07 Å². The van der Waals surface area contributed by atoms with Crippen LogP contribution in [0, 0.1) is 0 Å². The number of aliphatic hydroxyl groups excluding tert-OH is 1. The molecule has 0 bridgehead atoms. The molecular formula is C13H20F2N2O2S. The predicted molar refractivity (Wildman–Crippen MR) is 74.8 cm³/mol. The molecule has 0 unspecified atom stereocenters. The van der Waals surface area contributed by atoms with E-state index in [2.05, 4.69) is 9.80 Å². The minimum Gasteiger partial charge on any atom is -0.464 e. The number of furan rings is 1. The van der Waals surface area contributed by atoms with Gasteiger partial charge in [-0.3, -0.25) is 9.80 Å². The number of nitrogens with zero attached hydrogens (tertiary/aromatic N) is 2. The molecule has 2 rings (SSSR count). The summed E-state index contributed by atoms with van der Waals surface area (Å²) in [6, 6.07) is 3.63. The summed E-state index contributed by atoms with van der Waals surface area (Å²) < 4.78 is 29.7. The first-order chi connectivity index (χ1) is 9.67. The van der Waals surface area contributed by atoms with Crippen LogP contribution >= 0.6 is 11.8 Å². The fraction of sp³-hybridized carbons (Fsp3) is 0.692. The molecule has 1 fully saturated rings. The number of β-amino-alcohol motifs (C(OH)–C–C–N with tert-alkyl or cyclic N) is 1. The van der Waals surface area contributed by atoms with Crippen molar-refractivity contribution in [3.8, 4) is 0 Å². The highest BCUT2D eigenvalue weighted by Crippen LogP contribution is 2.21. The van der Waals surface area contributed by atoms with Gasteiger partial charge in [-0.05, 0) is 12.1 Å². The van der Waals surface area contributed by atoms with Crippen LogP contribution in [0.1, 0.15) is 11.5 Å². The summed E-state index contributed by atoms with van der Waals surface area (Å²) >= 11 is 0.578. The molecule has 0 atom stereocenters. The van der Waals surface area contributed by atoms with Gasteiger partial charge in [0.2, 0.25) is 0 Å². The van der Waals surface area contributed by atoms with Crippen LogP contribution in [0.2, 0.25) is 0 Å². The van der Waals surface area contributed by atoms with Crippen molar-refractivity contribution < 1.29 is 18.3 Å². The quantitative estimate of drug-likeness (QED) is 0.832.